The smallest absolute Gasteiger partial charge is 0.284 e. The molecule has 1 fully saturated rings. The van der Waals surface area contributed by atoms with Crippen LogP contribution in [0.15, 0.2) is 24.3 Å². The SMILES string of the molecule is CC(C)(O)CONC(=O)c1c(N)nc(-c2cccc(C#N)c2)nc1O[C@@H]1CCOC1. The number of hydrogen-bond donors (Lipinski definition) is 3. The van der Waals surface area contributed by atoms with E-state index in [4.69, 9.17) is 25.3 Å². The van der Waals surface area contributed by atoms with Crippen molar-refractivity contribution >= 4 is 11.7 Å². The second-order valence-electron chi connectivity index (χ2n) is 7.44. The maximum atomic E-state index is 12.7. The molecule has 1 atom stereocenters. The molecule has 158 valence electrons. The van der Waals surface area contributed by atoms with Gasteiger partial charge in [-0.3, -0.25) is 9.63 Å². The topological polar surface area (TPSA) is 153 Å². The van der Waals surface area contributed by atoms with Crippen LogP contribution in [0.4, 0.5) is 5.82 Å². The van der Waals surface area contributed by atoms with Crippen molar-refractivity contribution in [2.75, 3.05) is 25.6 Å². The number of amides is 1. The lowest BCUT2D eigenvalue weighted by Gasteiger charge is -2.19. The zero-order valence-corrected chi connectivity index (χ0v) is 16.7. The minimum atomic E-state index is -1.13. The number of nitrogens with two attached hydrogens (primary N) is 1. The molecule has 0 saturated carbocycles. The van der Waals surface area contributed by atoms with Gasteiger partial charge in [-0.05, 0) is 26.0 Å². The number of benzene rings is 1. The summed E-state index contributed by atoms with van der Waals surface area (Å²) in [6.45, 7) is 3.84. The summed E-state index contributed by atoms with van der Waals surface area (Å²) in [5.74, 6) is -0.615. The molecule has 1 aliphatic heterocycles. The van der Waals surface area contributed by atoms with Crippen molar-refractivity contribution in [1.82, 2.24) is 15.4 Å². The highest BCUT2D eigenvalue weighted by Gasteiger charge is 2.26. The summed E-state index contributed by atoms with van der Waals surface area (Å²) in [6, 6.07) is 8.75. The van der Waals surface area contributed by atoms with Crippen molar-refractivity contribution in [2.24, 2.45) is 0 Å². The Morgan fingerprint density at radius 1 is 1.47 bits per heavy atom. The summed E-state index contributed by atoms with van der Waals surface area (Å²) >= 11 is 0. The molecule has 10 nitrogen and oxygen atoms in total. The number of anilines is 1. The lowest BCUT2D eigenvalue weighted by molar-refractivity contribution is -0.0523. The summed E-state index contributed by atoms with van der Waals surface area (Å²) < 4.78 is 11.2. The number of rotatable bonds is 7. The predicted molar refractivity (Wildman–Crippen MR) is 106 cm³/mol. The molecule has 1 amide bonds. The van der Waals surface area contributed by atoms with E-state index in [2.05, 4.69) is 21.5 Å². The molecule has 1 aromatic carbocycles. The van der Waals surface area contributed by atoms with Crippen LogP contribution in [0, 0.1) is 11.3 Å². The average Bonchev–Trinajstić information content (AvgIpc) is 3.19. The number of carbonyl (C=O) groups excluding carboxylic acids is 1. The fraction of sp³-hybridized carbons (Fsp3) is 0.400. The Balaban J connectivity index is 1.94. The van der Waals surface area contributed by atoms with Crippen LogP contribution in [0.3, 0.4) is 0 Å². The number of aromatic nitrogens is 2. The minimum Gasteiger partial charge on any atom is -0.471 e. The van der Waals surface area contributed by atoms with E-state index in [1.54, 1.807) is 24.3 Å². The molecule has 1 aliphatic rings. The summed E-state index contributed by atoms with van der Waals surface area (Å²) in [7, 11) is 0. The van der Waals surface area contributed by atoms with E-state index in [9.17, 15) is 9.90 Å². The van der Waals surface area contributed by atoms with Gasteiger partial charge in [0.2, 0.25) is 5.88 Å². The Hall–Kier alpha value is -3.26. The Labute approximate surface area is 173 Å². The van der Waals surface area contributed by atoms with E-state index in [1.165, 1.54) is 13.8 Å². The van der Waals surface area contributed by atoms with Crippen LogP contribution in [0.5, 0.6) is 5.88 Å². The molecule has 1 saturated heterocycles. The van der Waals surface area contributed by atoms with Crippen LogP contribution in [-0.2, 0) is 9.57 Å². The van der Waals surface area contributed by atoms with Crippen molar-refractivity contribution in [3.8, 4) is 23.3 Å². The Morgan fingerprint density at radius 2 is 2.27 bits per heavy atom. The van der Waals surface area contributed by atoms with Crippen molar-refractivity contribution in [2.45, 2.75) is 32.0 Å². The van der Waals surface area contributed by atoms with Crippen LogP contribution >= 0.6 is 0 Å². The molecule has 2 heterocycles. The molecule has 4 N–H and O–H groups in total. The van der Waals surface area contributed by atoms with Gasteiger partial charge in [0.1, 0.15) is 24.1 Å². The first-order chi connectivity index (χ1) is 14.3. The van der Waals surface area contributed by atoms with Crippen LogP contribution < -0.4 is 16.0 Å². The number of hydroxylamine groups is 1. The molecule has 0 aliphatic carbocycles. The quantitative estimate of drug-likeness (QED) is 0.568. The second-order valence-corrected chi connectivity index (χ2v) is 7.44. The van der Waals surface area contributed by atoms with Crippen LogP contribution in [0.2, 0.25) is 0 Å². The summed E-state index contributed by atoms with van der Waals surface area (Å²) in [6.07, 6.45) is 0.348. The van der Waals surface area contributed by atoms with Gasteiger partial charge in [-0.1, -0.05) is 12.1 Å². The van der Waals surface area contributed by atoms with E-state index >= 15 is 0 Å². The second kappa shape index (κ2) is 9.04. The highest BCUT2D eigenvalue weighted by molar-refractivity contribution is 6.00. The number of hydrogen-bond acceptors (Lipinski definition) is 9. The standard InChI is InChI=1S/C20H23N5O5/c1-20(2,27)11-29-25-18(26)15-16(22)23-17(13-5-3-4-12(8-13)9-21)24-19(15)30-14-6-7-28-10-14/h3-5,8,14,27H,6-7,10-11H2,1-2H3,(H,25,26)(H2,22,23,24)/t14-/m1/s1. The molecule has 3 rings (SSSR count). The van der Waals surface area contributed by atoms with Gasteiger partial charge in [0.15, 0.2) is 5.82 Å². The van der Waals surface area contributed by atoms with Gasteiger partial charge in [0.05, 0.1) is 30.4 Å². The lowest BCUT2D eigenvalue weighted by Crippen LogP contribution is -2.34. The molecule has 0 spiro atoms. The first-order valence-electron chi connectivity index (χ1n) is 9.34. The van der Waals surface area contributed by atoms with Gasteiger partial charge < -0.3 is 20.3 Å². The van der Waals surface area contributed by atoms with Gasteiger partial charge in [-0.25, -0.2) is 10.5 Å². The summed E-state index contributed by atoms with van der Waals surface area (Å²) in [4.78, 5) is 26.3. The number of nitrogens with one attached hydrogen (secondary N) is 1. The maximum Gasteiger partial charge on any atom is 0.284 e. The molecule has 0 unspecified atom stereocenters. The Bertz CT molecular complexity index is 961. The highest BCUT2D eigenvalue weighted by Crippen LogP contribution is 2.28. The average molecular weight is 413 g/mol. The summed E-state index contributed by atoms with van der Waals surface area (Å²) in [5, 5.41) is 18.8. The van der Waals surface area contributed by atoms with Crippen molar-refractivity contribution in [3.63, 3.8) is 0 Å². The number of nitrogens with zero attached hydrogens (tertiary/aromatic N) is 3. The minimum absolute atomic E-state index is 0.0141. The van der Waals surface area contributed by atoms with E-state index < -0.39 is 11.5 Å². The van der Waals surface area contributed by atoms with Crippen molar-refractivity contribution in [3.05, 3.63) is 35.4 Å². The molecular formula is C20H23N5O5. The monoisotopic (exact) mass is 413 g/mol. The highest BCUT2D eigenvalue weighted by atomic mass is 16.7. The lowest BCUT2D eigenvalue weighted by atomic mass is 10.1. The van der Waals surface area contributed by atoms with Gasteiger partial charge in [0, 0.05) is 12.0 Å². The number of aliphatic hydroxyl groups is 1. The first-order valence-corrected chi connectivity index (χ1v) is 9.34. The van der Waals surface area contributed by atoms with E-state index in [0.717, 1.165) is 0 Å². The van der Waals surface area contributed by atoms with Crippen molar-refractivity contribution < 1.29 is 24.2 Å². The Kier molecular flexibility index (Phi) is 6.47. The largest absolute Gasteiger partial charge is 0.471 e. The third-order valence-electron chi connectivity index (χ3n) is 4.14. The Morgan fingerprint density at radius 3 is 2.93 bits per heavy atom. The number of nitrogen functional groups attached to an aromatic ring is 1. The van der Waals surface area contributed by atoms with Crippen molar-refractivity contribution in [1.29, 1.82) is 5.26 Å². The zero-order chi connectivity index (χ0) is 21.7. The molecular weight excluding hydrogens is 390 g/mol. The molecule has 30 heavy (non-hydrogen) atoms. The molecule has 0 bridgehead atoms. The van der Waals surface area contributed by atoms with Gasteiger partial charge in [0.25, 0.3) is 5.91 Å². The van der Waals surface area contributed by atoms with Crippen LogP contribution in [-0.4, -0.2) is 52.5 Å². The predicted octanol–water partition coefficient (Wildman–Crippen LogP) is 1.20. The first kappa shape index (κ1) is 21.4. The van der Waals surface area contributed by atoms with Crippen LogP contribution in [0.1, 0.15) is 36.2 Å². The zero-order valence-electron chi connectivity index (χ0n) is 16.7. The fourth-order valence-corrected chi connectivity index (χ4v) is 2.71. The molecule has 1 aromatic heterocycles. The van der Waals surface area contributed by atoms with Crippen LogP contribution in [0.25, 0.3) is 11.4 Å². The van der Waals surface area contributed by atoms with E-state index in [-0.39, 0.29) is 35.8 Å². The maximum absolute atomic E-state index is 12.7. The molecule has 0 radical (unpaired) electrons. The van der Waals surface area contributed by atoms with Gasteiger partial charge in [-0.2, -0.15) is 10.2 Å². The summed E-state index contributed by atoms with van der Waals surface area (Å²) in [5.41, 5.74) is 8.06. The van der Waals surface area contributed by atoms with E-state index in [0.29, 0.717) is 30.8 Å². The molecule has 10 heteroatoms. The van der Waals surface area contributed by atoms with E-state index in [1.807, 2.05) is 0 Å². The number of ether oxygens (including phenoxy) is 2. The third-order valence-corrected chi connectivity index (χ3v) is 4.14. The normalized spacial score (nSPS) is 16.1. The molecule has 2 aromatic rings. The third kappa shape index (κ3) is 5.42. The van der Waals surface area contributed by atoms with Gasteiger partial charge >= 0.3 is 0 Å². The van der Waals surface area contributed by atoms with Gasteiger partial charge in [-0.15, -0.1) is 0 Å². The number of carbonyl (C=O) groups is 1. The number of nitriles is 1. The fourth-order valence-electron chi connectivity index (χ4n) is 2.71.